The third-order valence-electron chi connectivity index (χ3n) is 3.58. The van der Waals surface area contributed by atoms with Crippen molar-refractivity contribution in [1.82, 2.24) is 0 Å². The number of halogens is 2. The summed E-state index contributed by atoms with van der Waals surface area (Å²) in [5.74, 6) is 1.13. The molecular weight excluding hydrogens is 337 g/mol. The number of para-hydroxylation sites is 1. The van der Waals surface area contributed by atoms with E-state index in [0.717, 1.165) is 30.0 Å². The lowest BCUT2D eigenvalue weighted by atomic mass is 10.1. The van der Waals surface area contributed by atoms with Crippen LogP contribution in [0.1, 0.15) is 12.0 Å². The molecule has 3 rings (SSSR count). The minimum Gasteiger partial charge on any atom is -0.311 e. The highest BCUT2D eigenvalue weighted by Crippen LogP contribution is 2.34. The van der Waals surface area contributed by atoms with Gasteiger partial charge in [-0.15, -0.1) is 11.8 Å². The maximum atomic E-state index is 12.7. The van der Waals surface area contributed by atoms with E-state index in [4.69, 9.17) is 23.2 Å². The second-order valence-corrected chi connectivity index (χ2v) is 7.09. The van der Waals surface area contributed by atoms with E-state index in [2.05, 4.69) is 6.07 Å². The summed E-state index contributed by atoms with van der Waals surface area (Å²) in [6.07, 6.45) is 1.32. The zero-order chi connectivity index (χ0) is 15.5. The molecule has 0 aromatic heterocycles. The summed E-state index contributed by atoms with van der Waals surface area (Å²) < 4.78 is 0. The molecule has 0 spiro atoms. The minimum absolute atomic E-state index is 0.0911. The number of hydrogen-bond acceptors (Lipinski definition) is 2. The predicted octanol–water partition coefficient (Wildman–Crippen LogP) is 5.06. The van der Waals surface area contributed by atoms with Crippen molar-refractivity contribution in [2.45, 2.75) is 17.7 Å². The average molecular weight is 352 g/mol. The minimum atomic E-state index is 0.0911. The summed E-state index contributed by atoms with van der Waals surface area (Å²) >= 11 is 13.8. The van der Waals surface area contributed by atoms with Crippen molar-refractivity contribution in [3.63, 3.8) is 0 Å². The van der Waals surface area contributed by atoms with Crippen molar-refractivity contribution in [3.8, 4) is 0 Å². The first-order valence-corrected chi connectivity index (χ1v) is 8.85. The number of fused-ring (bicyclic) bond motifs is 1. The normalized spacial score (nSPS) is 14.4. The molecule has 22 heavy (non-hydrogen) atoms. The van der Waals surface area contributed by atoms with Gasteiger partial charge in [0, 0.05) is 11.4 Å². The number of anilines is 1. The average Bonchev–Trinajstić information content (AvgIpc) is 2.73. The van der Waals surface area contributed by atoms with Crippen LogP contribution in [0.4, 0.5) is 5.69 Å². The number of carbonyl (C=O) groups excluding carboxylic acids is 1. The number of thioether (sulfide) groups is 1. The standard InChI is InChI=1S/C17H15Cl2NOS/c18-13-7-6-12(10-14(13)19)11-17(21)20-8-3-9-22-16-5-2-1-4-15(16)20/h1-2,4-7,10H,3,8-9,11H2. The number of nitrogens with zero attached hydrogens (tertiary/aromatic N) is 1. The van der Waals surface area contributed by atoms with Crippen molar-refractivity contribution in [2.24, 2.45) is 0 Å². The molecule has 114 valence electrons. The van der Waals surface area contributed by atoms with E-state index in [-0.39, 0.29) is 5.91 Å². The van der Waals surface area contributed by atoms with E-state index in [0.29, 0.717) is 16.5 Å². The molecule has 1 amide bonds. The van der Waals surface area contributed by atoms with Crippen molar-refractivity contribution >= 4 is 46.6 Å². The summed E-state index contributed by atoms with van der Waals surface area (Å²) in [6.45, 7) is 0.754. The van der Waals surface area contributed by atoms with Gasteiger partial charge in [0.1, 0.15) is 0 Å². The van der Waals surface area contributed by atoms with Crippen LogP contribution >= 0.6 is 35.0 Å². The summed E-state index contributed by atoms with van der Waals surface area (Å²) in [5, 5.41) is 0.994. The van der Waals surface area contributed by atoms with Gasteiger partial charge in [-0.2, -0.15) is 0 Å². The molecule has 2 nitrogen and oxygen atoms in total. The third kappa shape index (κ3) is 3.43. The Kier molecular flexibility index (Phi) is 4.97. The molecule has 1 aliphatic rings. The SMILES string of the molecule is O=C(Cc1ccc(Cl)c(Cl)c1)N1CCCSc2ccccc21. The molecule has 0 saturated carbocycles. The molecule has 2 aromatic rings. The second-order valence-electron chi connectivity index (χ2n) is 5.14. The molecule has 1 aliphatic heterocycles. The fourth-order valence-corrected chi connectivity index (χ4v) is 3.82. The van der Waals surface area contributed by atoms with Gasteiger partial charge < -0.3 is 4.90 Å². The number of rotatable bonds is 2. The van der Waals surface area contributed by atoms with E-state index >= 15 is 0 Å². The van der Waals surface area contributed by atoms with Crippen LogP contribution in [0.15, 0.2) is 47.4 Å². The summed E-state index contributed by atoms with van der Waals surface area (Å²) in [6, 6.07) is 13.4. The summed E-state index contributed by atoms with van der Waals surface area (Å²) in [4.78, 5) is 15.8. The summed E-state index contributed by atoms with van der Waals surface area (Å²) in [7, 11) is 0. The van der Waals surface area contributed by atoms with Crippen LogP contribution in [-0.4, -0.2) is 18.2 Å². The smallest absolute Gasteiger partial charge is 0.231 e. The van der Waals surface area contributed by atoms with Gasteiger partial charge in [-0.1, -0.05) is 41.4 Å². The van der Waals surface area contributed by atoms with Crippen LogP contribution in [0.2, 0.25) is 10.0 Å². The molecule has 5 heteroatoms. The van der Waals surface area contributed by atoms with Gasteiger partial charge in [0.2, 0.25) is 5.91 Å². The van der Waals surface area contributed by atoms with Crippen LogP contribution in [0.25, 0.3) is 0 Å². The van der Waals surface area contributed by atoms with E-state index in [1.165, 1.54) is 4.90 Å². The Bertz CT molecular complexity index is 705. The Hall–Kier alpha value is -1.16. The Balaban J connectivity index is 1.84. The molecule has 0 bridgehead atoms. The Morgan fingerprint density at radius 3 is 2.77 bits per heavy atom. The third-order valence-corrected chi connectivity index (χ3v) is 5.47. The Morgan fingerprint density at radius 1 is 1.14 bits per heavy atom. The van der Waals surface area contributed by atoms with Crippen LogP contribution in [0, 0.1) is 0 Å². The topological polar surface area (TPSA) is 20.3 Å². The van der Waals surface area contributed by atoms with Crippen LogP contribution in [0.3, 0.4) is 0 Å². The molecular formula is C17H15Cl2NOS. The molecule has 2 aromatic carbocycles. The van der Waals surface area contributed by atoms with Crippen LogP contribution in [0.5, 0.6) is 0 Å². The van der Waals surface area contributed by atoms with Gasteiger partial charge in [0.25, 0.3) is 0 Å². The van der Waals surface area contributed by atoms with Crippen molar-refractivity contribution in [2.75, 3.05) is 17.2 Å². The molecule has 1 heterocycles. The first-order chi connectivity index (χ1) is 10.6. The lowest BCUT2D eigenvalue weighted by molar-refractivity contribution is -0.118. The van der Waals surface area contributed by atoms with E-state index < -0.39 is 0 Å². The lowest BCUT2D eigenvalue weighted by Gasteiger charge is -2.22. The molecule has 0 aliphatic carbocycles. The number of carbonyl (C=O) groups is 1. The molecule has 0 radical (unpaired) electrons. The molecule has 0 N–H and O–H groups in total. The van der Waals surface area contributed by atoms with E-state index in [9.17, 15) is 4.79 Å². The largest absolute Gasteiger partial charge is 0.311 e. The van der Waals surface area contributed by atoms with Crippen molar-refractivity contribution in [3.05, 3.63) is 58.1 Å². The predicted molar refractivity (Wildman–Crippen MR) is 94.3 cm³/mol. The zero-order valence-electron chi connectivity index (χ0n) is 11.9. The van der Waals surface area contributed by atoms with Gasteiger partial charge in [-0.25, -0.2) is 0 Å². The molecule has 0 atom stereocenters. The Morgan fingerprint density at radius 2 is 1.95 bits per heavy atom. The van der Waals surface area contributed by atoms with Gasteiger partial charge in [0.05, 0.1) is 22.2 Å². The van der Waals surface area contributed by atoms with E-state index in [1.54, 1.807) is 12.1 Å². The quantitative estimate of drug-likeness (QED) is 0.753. The fraction of sp³-hybridized carbons (Fsp3) is 0.235. The maximum absolute atomic E-state index is 12.7. The summed E-state index contributed by atoms with van der Waals surface area (Å²) in [5.41, 5.74) is 1.89. The highest BCUT2D eigenvalue weighted by atomic mass is 35.5. The maximum Gasteiger partial charge on any atom is 0.231 e. The van der Waals surface area contributed by atoms with E-state index in [1.807, 2.05) is 40.9 Å². The van der Waals surface area contributed by atoms with Gasteiger partial charge >= 0.3 is 0 Å². The van der Waals surface area contributed by atoms with Gasteiger partial charge in [-0.05, 0) is 42.0 Å². The lowest BCUT2D eigenvalue weighted by Crippen LogP contribution is -2.33. The molecule has 0 saturated heterocycles. The fourth-order valence-electron chi connectivity index (χ4n) is 2.51. The number of benzene rings is 2. The monoisotopic (exact) mass is 351 g/mol. The Labute approximate surface area is 144 Å². The first kappa shape index (κ1) is 15.7. The number of hydrogen-bond donors (Lipinski definition) is 0. The van der Waals surface area contributed by atoms with Crippen molar-refractivity contribution < 1.29 is 4.79 Å². The molecule has 0 unspecified atom stereocenters. The highest BCUT2D eigenvalue weighted by Gasteiger charge is 2.21. The number of amides is 1. The van der Waals surface area contributed by atoms with Crippen molar-refractivity contribution in [1.29, 1.82) is 0 Å². The molecule has 0 fully saturated rings. The zero-order valence-corrected chi connectivity index (χ0v) is 14.2. The second kappa shape index (κ2) is 6.95. The van der Waals surface area contributed by atoms with Gasteiger partial charge in [0.15, 0.2) is 0 Å². The van der Waals surface area contributed by atoms with Crippen LogP contribution < -0.4 is 4.90 Å². The highest BCUT2D eigenvalue weighted by molar-refractivity contribution is 7.99. The first-order valence-electron chi connectivity index (χ1n) is 7.11. The van der Waals surface area contributed by atoms with Crippen LogP contribution in [-0.2, 0) is 11.2 Å². The van der Waals surface area contributed by atoms with Gasteiger partial charge in [-0.3, -0.25) is 4.79 Å².